The van der Waals surface area contributed by atoms with Crippen LogP contribution in [-0.4, -0.2) is 35.9 Å². The summed E-state index contributed by atoms with van der Waals surface area (Å²) in [7, 11) is 0. The Hall–Kier alpha value is -0.870. The Morgan fingerprint density at radius 3 is 2.69 bits per heavy atom. The lowest BCUT2D eigenvalue weighted by Gasteiger charge is -2.58. The minimum absolute atomic E-state index is 0.0881. The largest absolute Gasteiger partial charge is 0.466 e. The topological polar surface area (TPSA) is 58.6 Å². The van der Waals surface area contributed by atoms with Gasteiger partial charge in [0.25, 0.3) is 0 Å². The van der Waals surface area contributed by atoms with Crippen molar-refractivity contribution >= 4 is 5.97 Å². The first-order valence-corrected chi connectivity index (χ1v) is 14.8. The second-order valence-corrected chi connectivity index (χ2v) is 13.8. The average molecular weight is 488 g/mol. The van der Waals surface area contributed by atoms with Gasteiger partial charge in [0.15, 0.2) is 0 Å². The molecule has 4 aliphatic rings. The molecule has 0 aromatic carbocycles. The number of hydrogen-bond donors (Lipinski definition) is 2. The second-order valence-electron chi connectivity index (χ2n) is 13.8. The van der Waals surface area contributed by atoms with E-state index in [4.69, 9.17) is 4.74 Å². The van der Waals surface area contributed by atoms with Crippen LogP contribution in [0.5, 0.6) is 0 Å². The number of rotatable bonds is 9. The fourth-order valence-electron chi connectivity index (χ4n) is 9.20. The third-order valence-electron chi connectivity index (χ3n) is 11.1. The summed E-state index contributed by atoms with van der Waals surface area (Å²) in [4.78, 5) is 11.7. The van der Waals surface area contributed by atoms with Gasteiger partial charge < -0.3 is 15.2 Å². The summed E-state index contributed by atoms with van der Waals surface area (Å²) in [5.41, 5.74) is 2.01. The van der Waals surface area contributed by atoms with E-state index in [9.17, 15) is 9.90 Å². The lowest BCUT2D eigenvalue weighted by Crippen LogP contribution is -2.51. The molecule has 8 atom stereocenters. The van der Waals surface area contributed by atoms with Gasteiger partial charge in [0.2, 0.25) is 0 Å². The van der Waals surface area contributed by atoms with Gasteiger partial charge in [-0.1, -0.05) is 32.4 Å². The van der Waals surface area contributed by atoms with Gasteiger partial charge in [0.1, 0.15) is 0 Å². The molecule has 4 aliphatic carbocycles. The third kappa shape index (κ3) is 5.54. The molecule has 200 valence electrons. The van der Waals surface area contributed by atoms with E-state index in [0.29, 0.717) is 35.8 Å². The van der Waals surface area contributed by atoms with E-state index < -0.39 is 5.60 Å². The number of carbonyl (C=O) groups is 1. The average Bonchev–Trinajstić information content (AvgIpc) is 3.14. The molecule has 2 N–H and O–H groups in total. The molecule has 35 heavy (non-hydrogen) atoms. The van der Waals surface area contributed by atoms with Crippen molar-refractivity contribution in [1.82, 2.24) is 5.32 Å². The Morgan fingerprint density at radius 2 is 1.97 bits per heavy atom. The molecule has 3 fully saturated rings. The Morgan fingerprint density at radius 1 is 1.20 bits per heavy atom. The van der Waals surface area contributed by atoms with Crippen LogP contribution in [0.3, 0.4) is 0 Å². The molecular weight excluding hydrogens is 434 g/mol. The smallest absolute Gasteiger partial charge is 0.307 e. The molecule has 0 saturated heterocycles. The van der Waals surface area contributed by atoms with Crippen LogP contribution < -0.4 is 5.32 Å². The van der Waals surface area contributed by atoms with E-state index in [-0.39, 0.29) is 5.97 Å². The van der Waals surface area contributed by atoms with Crippen molar-refractivity contribution in [3.63, 3.8) is 0 Å². The van der Waals surface area contributed by atoms with Crippen LogP contribution >= 0.6 is 0 Å². The molecule has 3 saturated carbocycles. The van der Waals surface area contributed by atoms with Crippen molar-refractivity contribution in [3.05, 3.63) is 11.6 Å². The lowest BCUT2D eigenvalue weighted by molar-refractivity contribution is -0.143. The van der Waals surface area contributed by atoms with Gasteiger partial charge in [-0.25, -0.2) is 0 Å². The number of fused-ring (bicyclic) bond motifs is 5. The number of allylic oxidation sites excluding steroid dienone is 1. The standard InChI is InChI=1S/C31H53NO3/c1-7-35-28(33)15-19-32-23-13-17-30(5)22(20-23)8-9-24-26-11-10-25(21(2)12-16-29(3,4)34)31(26,6)18-14-27(24)30/h8,21,23-27,32,34H,7,9-20H2,1-6H3/t21?,23-,24?,25?,26?,27?,30-,31+/m0/s1. The van der Waals surface area contributed by atoms with E-state index in [1.165, 1.54) is 44.9 Å². The highest BCUT2D eigenvalue weighted by molar-refractivity contribution is 5.69. The van der Waals surface area contributed by atoms with E-state index in [1.807, 2.05) is 20.8 Å². The molecule has 0 amide bonds. The highest BCUT2D eigenvalue weighted by Crippen LogP contribution is 2.67. The summed E-state index contributed by atoms with van der Waals surface area (Å²) in [5.74, 6) is 3.98. The van der Waals surface area contributed by atoms with Crippen molar-refractivity contribution < 1.29 is 14.6 Å². The highest BCUT2D eigenvalue weighted by Gasteiger charge is 2.59. The van der Waals surface area contributed by atoms with Crippen LogP contribution in [0.15, 0.2) is 11.6 Å². The zero-order chi connectivity index (χ0) is 25.4. The van der Waals surface area contributed by atoms with E-state index in [2.05, 4.69) is 32.2 Å². The van der Waals surface area contributed by atoms with Crippen LogP contribution in [0.25, 0.3) is 0 Å². The Bertz CT molecular complexity index is 785. The number of ether oxygens (including phenoxy) is 1. The molecule has 0 aromatic rings. The Balaban J connectivity index is 1.39. The molecule has 0 aromatic heterocycles. The first-order chi connectivity index (χ1) is 16.5. The summed E-state index contributed by atoms with van der Waals surface area (Å²) < 4.78 is 5.08. The minimum atomic E-state index is -0.545. The first-order valence-electron chi connectivity index (χ1n) is 14.8. The molecule has 4 rings (SSSR count). The van der Waals surface area contributed by atoms with Crippen LogP contribution in [-0.2, 0) is 9.53 Å². The summed E-state index contributed by atoms with van der Waals surface area (Å²) in [5, 5.41) is 13.9. The molecule has 0 bridgehead atoms. The van der Waals surface area contributed by atoms with Crippen molar-refractivity contribution in [1.29, 1.82) is 0 Å². The molecule has 0 aliphatic heterocycles. The first kappa shape index (κ1) is 27.2. The maximum absolute atomic E-state index is 11.7. The van der Waals surface area contributed by atoms with Gasteiger partial charge in [0.05, 0.1) is 18.6 Å². The highest BCUT2D eigenvalue weighted by atomic mass is 16.5. The number of nitrogens with one attached hydrogen (secondary N) is 1. The van der Waals surface area contributed by atoms with Crippen LogP contribution in [0.4, 0.5) is 0 Å². The number of esters is 1. The molecular formula is C31H53NO3. The minimum Gasteiger partial charge on any atom is -0.466 e. The molecule has 0 radical (unpaired) electrons. The number of carbonyl (C=O) groups excluding carboxylic acids is 1. The third-order valence-corrected chi connectivity index (χ3v) is 11.1. The summed E-state index contributed by atoms with van der Waals surface area (Å²) >= 11 is 0. The monoisotopic (exact) mass is 487 g/mol. The van der Waals surface area contributed by atoms with Gasteiger partial charge >= 0.3 is 5.97 Å². The zero-order valence-electron chi connectivity index (χ0n) is 23.5. The van der Waals surface area contributed by atoms with Crippen molar-refractivity contribution in [2.75, 3.05) is 13.2 Å². The summed E-state index contributed by atoms with van der Waals surface area (Å²) in [6.07, 6.45) is 15.7. The van der Waals surface area contributed by atoms with Gasteiger partial charge in [-0.15, -0.1) is 0 Å². The van der Waals surface area contributed by atoms with E-state index in [0.717, 1.165) is 49.5 Å². The predicted octanol–water partition coefficient (Wildman–Crippen LogP) is 6.66. The molecule has 0 heterocycles. The van der Waals surface area contributed by atoms with E-state index >= 15 is 0 Å². The molecule has 4 heteroatoms. The second kappa shape index (κ2) is 10.5. The van der Waals surface area contributed by atoms with Crippen LogP contribution in [0.2, 0.25) is 0 Å². The fraction of sp³-hybridized carbons (Fsp3) is 0.903. The Labute approximate surface area is 215 Å². The fourth-order valence-corrected chi connectivity index (χ4v) is 9.20. The number of hydrogen-bond acceptors (Lipinski definition) is 4. The predicted molar refractivity (Wildman–Crippen MR) is 143 cm³/mol. The molecule has 5 unspecified atom stereocenters. The van der Waals surface area contributed by atoms with Gasteiger partial charge in [-0.2, -0.15) is 0 Å². The van der Waals surface area contributed by atoms with Crippen molar-refractivity contribution in [2.24, 2.45) is 40.4 Å². The van der Waals surface area contributed by atoms with Crippen molar-refractivity contribution in [3.8, 4) is 0 Å². The van der Waals surface area contributed by atoms with E-state index in [1.54, 1.807) is 5.57 Å². The van der Waals surface area contributed by atoms with Gasteiger partial charge in [-0.3, -0.25) is 4.79 Å². The SMILES string of the molecule is CCOC(=O)CCN[C@H]1CC[C@@]2(C)C(=CCC3C4CCC(C(C)CCC(C)(C)O)[C@@]4(C)CCC32)C1. The number of aliphatic hydroxyl groups is 1. The van der Waals surface area contributed by atoms with Gasteiger partial charge in [0, 0.05) is 12.6 Å². The van der Waals surface area contributed by atoms with Crippen LogP contribution in [0, 0.1) is 40.4 Å². The summed E-state index contributed by atoms with van der Waals surface area (Å²) in [6.45, 7) is 14.7. The quantitative estimate of drug-likeness (QED) is 0.282. The molecule has 4 nitrogen and oxygen atoms in total. The maximum atomic E-state index is 11.7. The van der Waals surface area contributed by atoms with Gasteiger partial charge in [-0.05, 0) is 125 Å². The Kier molecular flexibility index (Phi) is 8.14. The lowest BCUT2D eigenvalue weighted by atomic mass is 9.47. The maximum Gasteiger partial charge on any atom is 0.307 e. The van der Waals surface area contributed by atoms with Crippen LogP contribution in [0.1, 0.15) is 112 Å². The zero-order valence-corrected chi connectivity index (χ0v) is 23.5. The van der Waals surface area contributed by atoms with Crippen molar-refractivity contribution in [2.45, 2.75) is 124 Å². The summed E-state index contributed by atoms with van der Waals surface area (Å²) in [6, 6.07) is 0.502. The normalized spacial score (nSPS) is 39.7. The molecule has 0 spiro atoms.